The molecule has 0 radical (unpaired) electrons. The Morgan fingerprint density at radius 3 is 2.61 bits per heavy atom. The monoisotopic (exact) mass is 455 g/mol. The predicted octanol–water partition coefficient (Wildman–Crippen LogP) is 2.51. The molecule has 0 spiro atoms. The van der Waals surface area contributed by atoms with Gasteiger partial charge in [-0.3, -0.25) is 14.0 Å². The Labute approximate surface area is 173 Å². The first-order valence-corrected chi connectivity index (χ1v) is 10.8. The van der Waals surface area contributed by atoms with Gasteiger partial charge in [0.25, 0.3) is 0 Å². The van der Waals surface area contributed by atoms with Crippen LogP contribution < -0.4 is 5.69 Å². The topological polar surface area (TPSA) is 119 Å². The molecule has 3 aromatic rings. The fourth-order valence-corrected chi connectivity index (χ4v) is 4.34. The summed E-state index contributed by atoms with van der Waals surface area (Å²) in [6.07, 6.45) is -0.450. The maximum Gasteiger partial charge on any atom is 0.431 e. The van der Waals surface area contributed by atoms with E-state index in [0.717, 1.165) is 16.7 Å². The Morgan fingerprint density at radius 2 is 2.03 bits per heavy atom. The number of hydrogen-bond donors (Lipinski definition) is 1. The molecule has 31 heavy (non-hydrogen) atoms. The molecule has 1 N–H and O–H groups in total. The van der Waals surface area contributed by atoms with Crippen molar-refractivity contribution in [2.75, 3.05) is 5.75 Å². The van der Waals surface area contributed by atoms with Crippen LogP contribution in [0.4, 0.5) is 13.2 Å². The molecule has 4 rings (SSSR count). The van der Waals surface area contributed by atoms with Gasteiger partial charge in [0, 0.05) is 30.1 Å². The van der Waals surface area contributed by atoms with Gasteiger partial charge in [0.05, 0.1) is 16.9 Å². The lowest BCUT2D eigenvalue weighted by molar-refractivity contribution is -0.144. The van der Waals surface area contributed by atoms with Gasteiger partial charge < -0.3 is 5.21 Å². The van der Waals surface area contributed by atoms with Crippen LogP contribution in [0.25, 0.3) is 17.0 Å². The zero-order chi connectivity index (χ0) is 22.6. The van der Waals surface area contributed by atoms with E-state index in [1.165, 1.54) is 25.4 Å². The number of pyridine rings is 1. The Balaban J connectivity index is 1.98. The maximum absolute atomic E-state index is 13.5. The summed E-state index contributed by atoms with van der Waals surface area (Å²) < 4.78 is 67.4. The molecule has 0 atom stereocenters. The van der Waals surface area contributed by atoms with Gasteiger partial charge in [-0.15, -0.1) is 0 Å². The van der Waals surface area contributed by atoms with E-state index in [4.69, 9.17) is 5.21 Å². The Kier molecular flexibility index (Phi) is 4.87. The summed E-state index contributed by atoms with van der Waals surface area (Å²) in [4.78, 5) is 20.7. The maximum atomic E-state index is 13.5. The number of hydrogen-bond acceptors (Lipinski definition) is 7. The second-order valence-electron chi connectivity index (χ2n) is 7.03. The van der Waals surface area contributed by atoms with Crippen molar-refractivity contribution in [3.8, 4) is 11.4 Å². The molecule has 0 bridgehead atoms. The van der Waals surface area contributed by atoms with Crippen LogP contribution in [0.5, 0.6) is 0 Å². The van der Waals surface area contributed by atoms with E-state index < -0.39 is 33.4 Å². The third kappa shape index (κ3) is 3.69. The first-order valence-electron chi connectivity index (χ1n) is 9.19. The average molecular weight is 455 g/mol. The third-order valence-electron chi connectivity index (χ3n) is 4.91. The first-order chi connectivity index (χ1) is 14.6. The Morgan fingerprint density at radius 1 is 1.32 bits per heavy atom. The van der Waals surface area contributed by atoms with Crippen LogP contribution in [0.3, 0.4) is 0 Å². The standard InChI is InChI=1S/C18H16F3N5O4S/c1-2-31(29,30)13-5-10(8-23-28)7-22-16(13)12-9-25-15(24-12)6-14(18(19,20)21)26(17(25)27)11-3-4-11/h5-9,11,28H,2-4H2,1H3/b23-8+. The van der Waals surface area contributed by atoms with Gasteiger partial charge >= 0.3 is 11.9 Å². The second-order valence-corrected chi connectivity index (χ2v) is 9.28. The van der Waals surface area contributed by atoms with Crippen molar-refractivity contribution in [2.45, 2.75) is 36.9 Å². The fourth-order valence-electron chi connectivity index (χ4n) is 3.26. The summed E-state index contributed by atoms with van der Waals surface area (Å²) in [6.45, 7) is 1.42. The minimum absolute atomic E-state index is 0.0710. The Hall–Kier alpha value is -3.22. The van der Waals surface area contributed by atoms with Crippen LogP contribution in [-0.4, -0.2) is 44.5 Å². The van der Waals surface area contributed by atoms with E-state index in [0.29, 0.717) is 17.4 Å². The van der Waals surface area contributed by atoms with Crippen LogP contribution in [0.1, 0.15) is 37.1 Å². The molecule has 1 aliphatic rings. The van der Waals surface area contributed by atoms with Gasteiger partial charge in [-0.05, 0) is 18.9 Å². The molecule has 1 fully saturated rings. The van der Waals surface area contributed by atoms with Crippen LogP contribution in [0.15, 0.2) is 39.4 Å². The van der Waals surface area contributed by atoms with Gasteiger partial charge in [0.15, 0.2) is 9.84 Å². The highest BCUT2D eigenvalue weighted by Gasteiger charge is 2.40. The molecule has 164 valence electrons. The molecule has 0 unspecified atom stereocenters. The summed E-state index contributed by atoms with van der Waals surface area (Å²) in [7, 11) is -3.83. The highest BCUT2D eigenvalue weighted by atomic mass is 32.2. The highest BCUT2D eigenvalue weighted by Crippen LogP contribution is 2.39. The van der Waals surface area contributed by atoms with Crippen molar-refractivity contribution < 1.29 is 26.8 Å². The van der Waals surface area contributed by atoms with E-state index in [9.17, 15) is 26.4 Å². The zero-order valence-electron chi connectivity index (χ0n) is 16.0. The lowest BCUT2D eigenvalue weighted by Crippen LogP contribution is -2.31. The fraction of sp³-hybridized carbons (Fsp3) is 0.333. The van der Waals surface area contributed by atoms with Crippen LogP contribution in [0, 0.1) is 0 Å². The molecule has 1 aliphatic carbocycles. The molecular formula is C18H16F3N5O4S. The van der Waals surface area contributed by atoms with E-state index in [-0.39, 0.29) is 33.2 Å². The predicted molar refractivity (Wildman–Crippen MR) is 103 cm³/mol. The van der Waals surface area contributed by atoms with E-state index in [2.05, 4.69) is 15.1 Å². The van der Waals surface area contributed by atoms with Gasteiger partial charge in [0.1, 0.15) is 22.7 Å². The van der Waals surface area contributed by atoms with Crippen molar-refractivity contribution in [3.63, 3.8) is 0 Å². The van der Waals surface area contributed by atoms with Gasteiger partial charge in [-0.25, -0.2) is 18.2 Å². The number of imidazole rings is 1. The second kappa shape index (κ2) is 7.18. The van der Waals surface area contributed by atoms with Crippen molar-refractivity contribution in [1.82, 2.24) is 18.9 Å². The molecule has 3 heterocycles. The highest BCUT2D eigenvalue weighted by molar-refractivity contribution is 7.91. The van der Waals surface area contributed by atoms with Crippen molar-refractivity contribution in [3.05, 3.63) is 46.3 Å². The van der Waals surface area contributed by atoms with E-state index in [1.807, 2.05) is 0 Å². The van der Waals surface area contributed by atoms with E-state index >= 15 is 0 Å². The number of oxime groups is 1. The molecule has 9 nitrogen and oxygen atoms in total. The molecule has 3 aromatic heterocycles. The SMILES string of the molecule is CCS(=O)(=O)c1cc(/C=N/O)cnc1-c1cn2c(=O)n(C3CC3)c(C(F)(F)F)cc2n1. The lowest BCUT2D eigenvalue weighted by Gasteiger charge is -2.14. The molecule has 0 aromatic carbocycles. The van der Waals surface area contributed by atoms with Crippen molar-refractivity contribution in [2.24, 2.45) is 5.16 Å². The quantitative estimate of drug-likeness (QED) is 0.359. The number of sulfone groups is 1. The summed E-state index contributed by atoms with van der Waals surface area (Å²) in [5, 5.41) is 11.5. The van der Waals surface area contributed by atoms with Crippen molar-refractivity contribution >= 4 is 21.7 Å². The smallest absolute Gasteiger partial charge is 0.411 e. The number of fused-ring (bicyclic) bond motifs is 1. The number of nitrogens with zero attached hydrogens (tertiary/aromatic N) is 5. The summed E-state index contributed by atoms with van der Waals surface area (Å²) >= 11 is 0. The van der Waals surface area contributed by atoms with Gasteiger partial charge in [-0.2, -0.15) is 13.2 Å². The molecule has 0 aliphatic heterocycles. The molecule has 13 heteroatoms. The Bertz CT molecular complexity index is 1370. The normalized spacial score (nSPS) is 15.2. The molecule has 1 saturated carbocycles. The average Bonchev–Trinajstić information content (AvgIpc) is 3.45. The summed E-state index contributed by atoms with van der Waals surface area (Å²) in [6, 6.07) is 1.45. The van der Waals surface area contributed by atoms with Crippen LogP contribution >= 0.6 is 0 Å². The zero-order valence-corrected chi connectivity index (χ0v) is 16.9. The van der Waals surface area contributed by atoms with Gasteiger partial charge in [0.2, 0.25) is 0 Å². The molecule has 0 amide bonds. The van der Waals surface area contributed by atoms with Crippen LogP contribution in [0.2, 0.25) is 0 Å². The summed E-state index contributed by atoms with van der Waals surface area (Å²) in [5.74, 6) is -0.276. The number of aromatic nitrogens is 4. The lowest BCUT2D eigenvalue weighted by atomic mass is 10.2. The van der Waals surface area contributed by atoms with Gasteiger partial charge in [-0.1, -0.05) is 12.1 Å². The third-order valence-corrected chi connectivity index (χ3v) is 6.65. The van der Waals surface area contributed by atoms with Crippen molar-refractivity contribution in [1.29, 1.82) is 0 Å². The summed E-state index contributed by atoms with van der Waals surface area (Å²) in [5.41, 5.74) is -2.28. The number of rotatable bonds is 5. The largest absolute Gasteiger partial charge is 0.431 e. The minimum Gasteiger partial charge on any atom is -0.411 e. The van der Waals surface area contributed by atoms with E-state index in [1.54, 1.807) is 0 Å². The minimum atomic E-state index is -4.75. The van der Waals surface area contributed by atoms with Crippen LogP contribution in [-0.2, 0) is 16.0 Å². The number of alkyl halides is 3. The molecule has 0 saturated heterocycles. The first kappa shape index (κ1) is 21.0. The number of halogens is 3. The molecular weight excluding hydrogens is 439 g/mol.